The Morgan fingerprint density at radius 3 is 2.12 bits per heavy atom. The van der Waals surface area contributed by atoms with E-state index in [9.17, 15) is 24.0 Å². The Bertz CT molecular complexity index is 616. The highest BCUT2D eigenvalue weighted by Gasteiger charge is 2.36. The molecule has 0 aromatic rings. The molecule has 0 aromatic heterocycles. The number of carbonyl (C=O) groups excluding carboxylic acids is 5. The summed E-state index contributed by atoms with van der Waals surface area (Å²) in [5.41, 5.74) is 0. The van der Waals surface area contributed by atoms with Crippen LogP contribution in [0.25, 0.3) is 0 Å². The van der Waals surface area contributed by atoms with Crippen molar-refractivity contribution in [3.63, 3.8) is 0 Å². The maximum atomic E-state index is 12.1. The molecule has 2 heterocycles. The molecular weight excluding hydrogens is 330 g/mol. The van der Waals surface area contributed by atoms with E-state index < -0.39 is 17.8 Å². The quantitative estimate of drug-likeness (QED) is 0.673. The molecule has 0 aromatic carbocycles. The van der Waals surface area contributed by atoms with Crippen molar-refractivity contribution in [1.29, 1.82) is 0 Å². The number of hydroxylamine groups is 2. The molecule has 25 heavy (non-hydrogen) atoms. The zero-order valence-electron chi connectivity index (χ0n) is 13.6. The fourth-order valence-corrected chi connectivity index (χ4v) is 3.16. The van der Waals surface area contributed by atoms with E-state index >= 15 is 0 Å². The van der Waals surface area contributed by atoms with Crippen LogP contribution in [0.2, 0.25) is 0 Å². The molecule has 9 heteroatoms. The molecule has 4 amide bonds. The van der Waals surface area contributed by atoms with Crippen molar-refractivity contribution >= 4 is 29.6 Å². The minimum Gasteiger partial charge on any atom is -0.330 e. The third-order valence-electron chi connectivity index (χ3n) is 4.69. The minimum absolute atomic E-state index is 0.0750. The van der Waals surface area contributed by atoms with Gasteiger partial charge in [-0.1, -0.05) is 0 Å². The molecule has 0 radical (unpaired) electrons. The molecule has 1 N–H and O–H groups in total. The average molecular weight is 349 g/mol. The lowest BCUT2D eigenvalue weighted by Crippen LogP contribution is -2.44. The van der Waals surface area contributed by atoms with E-state index in [1.54, 1.807) is 0 Å². The van der Waals surface area contributed by atoms with Crippen LogP contribution in [0.5, 0.6) is 0 Å². The van der Waals surface area contributed by atoms with Gasteiger partial charge >= 0.3 is 5.97 Å². The number of amides is 4. The van der Waals surface area contributed by atoms with Gasteiger partial charge in [-0.3, -0.25) is 29.4 Å². The summed E-state index contributed by atoms with van der Waals surface area (Å²) in [4.78, 5) is 64.1. The van der Waals surface area contributed by atoms with Gasteiger partial charge in [-0.2, -0.15) is 0 Å². The second-order valence-corrected chi connectivity index (χ2v) is 6.34. The zero-order chi connectivity index (χ0) is 18.0. The molecule has 9 nitrogen and oxygen atoms in total. The van der Waals surface area contributed by atoms with Gasteiger partial charge in [-0.15, -0.1) is 5.06 Å². The molecule has 1 aliphatic carbocycles. The SMILES string of the molecule is O=C(ON1C(=O)CCC1=O)C1CCC(NCN2C(=O)C=CC2=O)CC1. The van der Waals surface area contributed by atoms with Crippen LogP contribution in [0.3, 0.4) is 0 Å². The van der Waals surface area contributed by atoms with Gasteiger partial charge in [0.2, 0.25) is 0 Å². The van der Waals surface area contributed by atoms with Gasteiger partial charge in [0.05, 0.1) is 12.6 Å². The number of hydrogen-bond acceptors (Lipinski definition) is 7. The van der Waals surface area contributed by atoms with Crippen LogP contribution in [0.1, 0.15) is 38.5 Å². The second-order valence-electron chi connectivity index (χ2n) is 6.34. The summed E-state index contributed by atoms with van der Waals surface area (Å²) in [6.07, 6.45) is 5.06. The molecule has 1 saturated heterocycles. The topological polar surface area (TPSA) is 113 Å². The van der Waals surface area contributed by atoms with Crippen molar-refractivity contribution < 1.29 is 28.8 Å². The lowest BCUT2D eigenvalue weighted by atomic mass is 9.86. The molecule has 0 unspecified atom stereocenters. The van der Waals surface area contributed by atoms with Crippen molar-refractivity contribution in [2.45, 2.75) is 44.6 Å². The summed E-state index contributed by atoms with van der Waals surface area (Å²) in [5, 5.41) is 3.72. The Labute approximate surface area is 143 Å². The van der Waals surface area contributed by atoms with Crippen molar-refractivity contribution in [3.05, 3.63) is 12.2 Å². The monoisotopic (exact) mass is 349 g/mol. The van der Waals surface area contributed by atoms with Gasteiger partial charge in [-0.25, -0.2) is 4.79 Å². The van der Waals surface area contributed by atoms with Crippen molar-refractivity contribution in [3.8, 4) is 0 Å². The van der Waals surface area contributed by atoms with E-state index in [1.807, 2.05) is 0 Å². The van der Waals surface area contributed by atoms with Crippen LogP contribution in [-0.2, 0) is 28.8 Å². The highest BCUT2D eigenvalue weighted by molar-refractivity contribution is 6.12. The van der Waals surface area contributed by atoms with Crippen molar-refractivity contribution in [1.82, 2.24) is 15.3 Å². The molecule has 0 bridgehead atoms. The highest BCUT2D eigenvalue weighted by atomic mass is 16.7. The first-order valence-electron chi connectivity index (χ1n) is 8.30. The summed E-state index contributed by atoms with van der Waals surface area (Å²) in [6.45, 7) is 0.140. The van der Waals surface area contributed by atoms with Gasteiger partial charge in [0, 0.05) is 31.0 Å². The van der Waals surface area contributed by atoms with E-state index in [0.717, 1.165) is 4.90 Å². The second kappa shape index (κ2) is 7.14. The normalized spacial score (nSPS) is 26.7. The molecular formula is C16H19N3O6. The standard InChI is InChI=1S/C16H19N3O6/c20-12-5-6-13(21)18(12)9-17-11-3-1-10(2-4-11)16(24)25-19-14(22)7-8-15(19)23/h5-6,10-11,17H,1-4,7-9H2. The van der Waals surface area contributed by atoms with Gasteiger partial charge in [0.15, 0.2) is 0 Å². The number of rotatable bonds is 5. The summed E-state index contributed by atoms with van der Waals surface area (Å²) >= 11 is 0. The third-order valence-corrected chi connectivity index (χ3v) is 4.69. The first kappa shape index (κ1) is 17.3. The van der Waals surface area contributed by atoms with Crippen LogP contribution in [0, 0.1) is 5.92 Å². The largest absolute Gasteiger partial charge is 0.336 e. The van der Waals surface area contributed by atoms with Crippen molar-refractivity contribution in [2.75, 3.05) is 6.67 Å². The first-order chi connectivity index (χ1) is 12.0. The lowest BCUT2D eigenvalue weighted by Gasteiger charge is -2.29. The number of imide groups is 2. The first-order valence-corrected chi connectivity index (χ1v) is 8.30. The van der Waals surface area contributed by atoms with E-state index in [2.05, 4.69) is 5.32 Å². The predicted molar refractivity (Wildman–Crippen MR) is 81.9 cm³/mol. The molecule has 0 spiro atoms. The van der Waals surface area contributed by atoms with E-state index in [1.165, 1.54) is 12.2 Å². The van der Waals surface area contributed by atoms with Crippen LogP contribution >= 0.6 is 0 Å². The fraction of sp³-hybridized carbons (Fsp3) is 0.562. The average Bonchev–Trinajstić information content (AvgIpc) is 3.09. The van der Waals surface area contributed by atoms with Gasteiger partial charge in [0.1, 0.15) is 0 Å². The maximum Gasteiger partial charge on any atom is 0.336 e. The molecule has 0 atom stereocenters. The number of hydrogen-bond donors (Lipinski definition) is 1. The summed E-state index contributed by atoms with van der Waals surface area (Å²) in [5.74, 6) is -2.57. The lowest BCUT2D eigenvalue weighted by molar-refractivity contribution is -0.201. The maximum absolute atomic E-state index is 12.1. The van der Waals surface area contributed by atoms with E-state index in [4.69, 9.17) is 4.84 Å². The third kappa shape index (κ3) is 3.76. The summed E-state index contributed by atoms with van der Waals surface area (Å²) in [7, 11) is 0. The van der Waals surface area contributed by atoms with Crippen molar-refractivity contribution in [2.24, 2.45) is 5.92 Å². The Morgan fingerprint density at radius 1 is 1.00 bits per heavy atom. The number of nitrogens with one attached hydrogen (secondary N) is 1. The van der Waals surface area contributed by atoms with Crippen LogP contribution in [-0.4, -0.2) is 52.3 Å². The Morgan fingerprint density at radius 2 is 1.56 bits per heavy atom. The Hall–Kier alpha value is -2.55. The van der Waals surface area contributed by atoms with Crippen LogP contribution in [0.4, 0.5) is 0 Å². The van der Waals surface area contributed by atoms with Gasteiger partial charge in [0.25, 0.3) is 23.6 Å². The Balaban J connectivity index is 1.42. The fourth-order valence-electron chi connectivity index (χ4n) is 3.16. The van der Waals surface area contributed by atoms with E-state index in [0.29, 0.717) is 30.7 Å². The molecule has 1 saturated carbocycles. The molecule has 2 aliphatic heterocycles. The predicted octanol–water partition coefficient (Wildman–Crippen LogP) is -0.375. The molecule has 3 rings (SSSR count). The molecule has 134 valence electrons. The van der Waals surface area contributed by atoms with Crippen LogP contribution < -0.4 is 5.32 Å². The minimum atomic E-state index is -0.559. The zero-order valence-corrected chi connectivity index (χ0v) is 13.6. The molecule has 2 fully saturated rings. The number of carbonyl (C=O) groups is 5. The van der Waals surface area contributed by atoms with Gasteiger partial charge < -0.3 is 4.84 Å². The van der Waals surface area contributed by atoms with Gasteiger partial charge in [-0.05, 0) is 25.7 Å². The van der Waals surface area contributed by atoms with E-state index in [-0.39, 0.29) is 43.3 Å². The number of nitrogens with zero attached hydrogens (tertiary/aromatic N) is 2. The Kier molecular flexibility index (Phi) is 4.93. The van der Waals surface area contributed by atoms with Crippen LogP contribution in [0.15, 0.2) is 12.2 Å². The highest BCUT2D eigenvalue weighted by Crippen LogP contribution is 2.26. The molecule has 3 aliphatic rings. The smallest absolute Gasteiger partial charge is 0.330 e. The summed E-state index contributed by atoms with van der Waals surface area (Å²) in [6, 6.07) is 0.0836. The summed E-state index contributed by atoms with van der Waals surface area (Å²) < 4.78 is 0.